The molecule has 6 rings (SSSR count). The Morgan fingerprint density at radius 3 is 2.62 bits per heavy atom. The molecule has 4 aromatic heterocycles. The minimum Gasteiger partial charge on any atom is -0.302 e. The van der Waals surface area contributed by atoms with E-state index < -0.39 is 22.3 Å². The first-order valence-electron chi connectivity index (χ1n) is 13.6. The molecule has 0 N–H and O–H groups in total. The minimum absolute atomic E-state index is 0.0169. The molecule has 220 valence electrons. The highest BCUT2D eigenvalue weighted by Gasteiger charge is 2.46. The van der Waals surface area contributed by atoms with Gasteiger partial charge < -0.3 is 4.79 Å². The van der Waals surface area contributed by atoms with Crippen molar-refractivity contribution < 1.29 is 13.4 Å². The highest BCUT2D eigenvalue weighted by Crippen LogP contribution is 2.48. The molecule has 2 aliphatic carbocycles. The average molecular weight is 611 g/mol. The van der Waals surface area contributed by atoms with E-state index in [4.69, 9.17) is 11.6 Å². The van der Waals surface area contributed by atoms with Gasteiger partial charge in [-0.2, -0.15) is 9.49 Å². The Labute approximate surface area is 251 Å². The number of nitrogens with zero attached hydrogens (tertiary/aromatic N) is 8. The molecule has 42 heavy (non-hydrogen) atoms. The highest BCUT2D eigenvalue weighted by atomic mass is 35.5. The molecule has 0 saturated heterocycles. The van der Waals surface area contributed by atoms with Gasteiger partial charge in [-0.25, -0.2) is 23.2 Å². The summed E-state index contributed by atoms with van der Waals surface area (Å²) in [6.45, 7) is 5.91. The molecular formula is C29H32ClFN8O2S. The first-order valence-corrected chi connectivity index (χ1v) is 15.1. The van der Waals surface area contributed by atoms with Gasteiger partial charge in [0.1, 0.15) is 12.6 Å². The predicted octanol–water partition coefficient (Wildman–Crippen LogP) is 4.69. The van der Waals surface area contributed by atoms with Crippen LogP contribution >= 0.6 is 11.6 Å². The van der Waals surface area contributed by atoms with Crippen LogP contribution in [0.3, 0.4) is 0 Å². The standard InChI is InChI=1S/C23H26FN7O2S.C6H6ClN/c1-15(2)31(34(33)22-26-14-29(3)28-22)18-5-4-17-8-20-16(9-23(17,10-18)13-32)11-27-30(20)19-6-7-21(24)25-12-19;1-5-4-6(7)2-3-8-5/h6-8,11-15,18H,4-5,9-10H2,1-3H3;2-4H,1H3. The zero-order chi connectivity index (χ0) is 30.0. The second-order valence-electron chi connectivity index (χ2n) is 10.8. The van der Waals surface area contributed by atoms with Crippen LogP contribution in [0.25, 0.3) is 11.8 Å². The molecule has 4 heterocycles. The zero-order valence-electron chi connectivity index (χ0n) is 23.8. The van der Waals surface area contributed by atoms with E-state index in [1.165, 1.54) is 23.3 Å². The van der Waals surface area contributed by atoms with Crippen LogP contribution in [-0.4, -0.2) is 61.4 Å². The summed E-state index contributed by atoms with van der Waals surface area (Å²) in [4.78, 5) is 24.5. The lowest BCUT2D eigenvalue weighted by atomic mass is 9.64. The second-order valence-corrected chi connectivity index (χ2v) is 12.6. The molecular weight excluding hydrogens is 579 g/mol. The van der Waals surface area contributed by atoms with Crippen LogP contribution in [0.2, 0.25) is 5.02 Å². The van der Waals surface area contributed by atoms with Crippen molar-refractivity contribution in [3.63, 3.8) is 0 Å². The molecule has 2 aliphatic rings. The van der Waals surface area contributed by atoms with E-state index in [1.54, 1.807) is 36.3 Å². The minimum atomic E-state index is -1.53. The van der Waals surface area contributed by atoms with Crippen molar-refractivity contribution in [1.82, 2.24) is 38.8 Å². The topological polar surface area (TPSA) is 112 Å². The van der Waals surface area contributed by atoms with Crippen LogP contribution < -0.4 is 0 Å². The molecule has 3 unspecified atom stereocenters. The third-order valence-corrected chi connectivity index (χ3v) is 9.36. The van der Waals surface area contributed by atoms with E-state index in [1.807, 2.05) is 37.2 Å². The lowest BCUT2D eigenvalue weighted by Gasteiger charge is -2.45. The molecule has 3 atom stereocenters. The average Bonchev–Trinajstić information content (AvgIpc) is 3.58. The summed E-state index contributed by atoms with van der Waals surface area (Å²) in [6.07, 6.45) is 12.1. The summed E-state index contributed by atoms with van der Waals surface area (Å²) in [5.41, 5.74) is 3.83. The maximum Gasteiger partial charge on any atom is 0.254 e. The van der Waals surface area contributed by atoms with E-state index in [-0.39, 0.29) is 17.2 Å². The lowest BCUT2D eigenvalue weighted by molar-refractivity contribution is -0.116. The van der Waals surface area contributed by atoms with Gasteiger partial charge in [0.2, 0.25) is 5.95 Å². The van der Waals surface area contributed by atoms with Gasteiger partial charge in [0.05, 0.1) is 29.2 Å². The second kappa shape index (κ2) is 12.3. The van der Waals surface area contributed by atoms with Gasteiger partial charge in [-0.1, -0.05) is 17.2 Å². The van der Waals surface area contributed by atoms with Gasteiger partial charge in [-0.15, -0.1) is 5.10 Å². The number of carbonyl (C=O) groups is 1. The van der Waals surface area contributed by atoms with E-state index in [9.17, 15) is 13.4 Å². The Balaban J connectivity index is 0.000000382. The number of aryl methyl sites for hydroxylation is 2. The van der Waals surface area contributed by atoms with Gasteiger partial charge in [0, 0.05) is 36.0 Å². The Morgan fingerprint density at radius 1 is 1.21 bits per heavy atom. The number of carbonyl (C=O) groups excluding carboxylic acids is 1. The number of pyridine rings is 2. The molecule has 1 fully saturated rings. The number of halogens is 2. The summed E-state index contributed by atoms with van der Waals surface area (Å²) >= 11 is 5.60. The third-order valence-electron chi connectivity index (χ3n) is 7.53. The largest absolute Gasteiger partial charge is 0.302 e. The van der Waals surface area contributed by atoms with Crippen molar-refractivity contribution in [2.24, 2.45) is 12.5 Å². The van der Waals surface area contributed by atoms with Crippen LogP contribution in [-0.2, 0) is 29.2 Å². The Hall–Kier alpha value is -3.61. The number of hydrogen-bond acceptors (Lipinski definition) is 7. The van der Waals surface area contributed by atoms with Gasteiger partial charge in [-0.05, 0) is 82.4 Å². The van der Waals surface area contributed by atoms with Crippen molar-refractivity contribution in [2.45, 2.75) is 63.7 Å². The molecule has 0 aromatic carbocycles. The van der Waals surface area contributed by atoms with Crippen molar-refractivity contribution in [2.75, 3.05) is 0 Å². The number of hydrogen-bond donors (Lipinski definition) is 0. The van der Waals surface area contributed by atoms with Crippen molar-refractivity contribution >= 4 is 34.9 Å². The molecule has 0 aliphatic heterocycles. The molecule has 10 nitrogen and oxygen atoms in total. The van der Waals surface area contributed by atoms with Gasteiger partial charge in [-0.3, -0.25) is 9.67 Å². The fourth-order valence-electron chi connectivity index (χ4n) is 5.65. The summed E-state index contributed by atoms with van der Waals surface area (Å²) < 4.78 is 31.9. The van der Waals surface area contributed by atoms with Crippen molar-refractivity contribution in [3.8, 4) is 5.69 Å². The molecule has 0 bridgehead atoms. The summed E-state index contributed by atoms with van der Waals surface area (Å²) in [6, 6.07) is 6.43. The molecule has 4 aromatic rings. The van der Waals surface area contributed by atoms with Gasteiger partial charge >= 0.3 is 0 Å². The highest BCUT2D eigenvalue weighted by molar-refractivity contribution is 7.82. The number of allylic oxidation sites excluding steroid dienone is 1. The van der Waals surface area contributed by atoms with Crippen LogP contribution in [0.1, 0.15) is 50.1 Å². The Morgan fingerprint density at radius 2 is 2.02 bits per heavy atom. The quantitative estimate of drug-likeness (QED) is 0.230. The van der Waals surface area contributed by atoms with E-state index in [0.717, 1.165) is 40.3 Å². The maximum absolute atomic E-state index is 13.4. The molecule has 0 spiro atoms. The van der Waals surface area contributed by atoms with Crippen LogP contribution in [0.15, 0.2) is 59.9 Å². The number of fused-ring (bicyclic) bond motifs is 2. The van der Waals surface area contributed by atoms with Gasteiger partial charge in [0.15, 0.2) is 11.0 Å². The summed E-state index contributed by atoms with van der Waals surface area (Å²) in [5.74, 6) is -0.547. The maximum atomic E-state index is 13.4. The predicted molar refractivity (Wildman–Crippen MR) is 158 cm³/mol. The fourth-order valence-corrected chi connectivity index (χ4v) is 7.22. The van der Waals surface area contributed by atoms with Crippen LogP contribution in [0.4, 0.5) is 4.39 Å². The first-order chi connectivity index (χ1) is 20.1. The number of rotatable bonds is 6. The Bertz CT molecular complexity index is 1620. The molecule has 0 radical (unpaired) electrons. The SMILES string of the molecule is CC(C)N(C1CCC2=Cc3c(cnn3-c3ccc(F)nc3)CC2(C=O)C1)S(=O)c1ncn(C)n1.Cc1cc(Cl)ccn1. The van der Waals surface area contributed by atoms with Gasteiger partial charge in [0.25, 0.3) is 5.16 Å². The monoisotopic (exact) mass is 610 g/mol. The van der Waals surface area contributed by atoms with Crippen LogP contribution in [0.5, 0.6) is 0 Å². The molecule has 1 saturated carbocycles. The van der Waals surface area contributed by atoms with Crippen LogP contribution in [0, 0.1) is 18.3 Å². The number of aromatic nitrogens is 7. The summed E-state index contributed by atoms with van der Waals surface area (Å²) in [7, 11) is 0.217. The number of aldehydes is 1. The first kappa shape index (κ1) is 29.9. The Kier molecular flexibility index (Phi) is 8.76. The molecule has 13 heteroatoms. The van der Waals surface area contributed by atoms with E-state index in [2.05, 4.69) is 25.1 Å². The summed E-state index contributed by atoms with van der Waals surface area (Å²) in [5, 5.41) is 9.75. The molecule has 0 amide bonds. The lowest BCUT2D eigenvalue weighted by Crippen LogP contribution is -2.49. The zero-order valence-corrected chi connectivity index (χ0v) is 25.4. The third kappa shape index (κ3) is 6.11. The smallest absolute Gasteiger partial charge is 0.254 e. The van der Waals surface area contributed by atoms with Crippen molar-refractivity contribution in [3.05, 3.63) is 82.7 Å². The van der Waals surface area contributed by atoms with Crippen molar-refractivity contribution in [1.29, 1.82) is 0 Å². The normalized spacial score (nSPS) is 20.3. The fraction of sp³-hybridized carbons (Fsp3) is 0.379. The van der Waals surface area contributed by atoms with E-state index >= 15 is 0 Å². The van der Waals surface area contributed by atoms with E-state index in [0.29, 0.717) is 24.9 Å².